The van der Waals surface area contributed by atoms with Crippen molar-refractivity contribution in [3.8, 4) is 0 Å². The molecule has 3 aromatic rings. The average molecular weight is 389 g/mol. The third-order valence-corrected chi connectivity index (χ3v) is 4.23. The summed E-state index contributed by atoms with van der Waals surface area (Å²) in [5, 5.41) is 16.5. The summed E-state index contributed by atoms with van der Waals surface area (Å²) in [6.07, 6.45) is 0.956. The molecule has 3 aromatic carbocycles. The van der Waals surface area contributed by atoms with E-state index in [2.05, 4.69) is 10.6 Å². The van der Waals surface area contributed by atoms with E-state index in [9.17, 15) is 19.7 Å². The molecule has 29 heavy (non-hydrogen) atoms. The van der Waals surface area contributed by atoms with Crippen LogP contribution in [0.1, 0.15) is 22.3 Å². The molecule has 3 rings (SSSR count). The second-order valence-corrected chi connectivity index (χ2v) is 6.34. The molecule has 7 heteroatoms. The number of hydrogen-bond acceptors (Lipinski definition) is 4. The highest BCUT2D eigenvalue weighted by molar-refractivity contribution is 6.07. The molecule has 0 bridgehead atoms. The molecule has 2 amide bonds. The van der Waals surface area contributed by atoms with Gasteiger partial charge >= 0.3 is 0 Å². The minimum Gasteiger partial charge on any atom is -0.326 e. The molecule has 2 N–H and O–H groups in total. The fourth-order valence-corrected chi connectivity index (χ4v) is 2.82. The standard InChI is InChI=1S/C22H19N3O4/c26-21(14-13-16-7-2-1-3-8-16)23-17-9-6-10-18(15-17)24-22(27)19-11-4-5-12-20(19)25(28)29/h1-12,15H,13-14H2,(H,23,26)(H,24,27). The van der Waals surface area contributed by atoms with Crippen molar-refractivity contribution in [3.63, 3.8) is 0 Å². The fraction of sp³-hybridized carbons (Fsp3) is 0.0909. The minimum absolute atomic E-state index is 0.0326. The molecule has 0 saturated carbocycles. The van der Waals surface area contributed by atoms with Gasteiger partial charge in [0.1, 0.15) is 5.56 Å². The lowest BCUT2D eigenvalue weighted by Crippen LogP contribution is -2.15. The third kappa shape index (κ3) is 5.49. The number of anilines is 2. The van der Waals surface area contributed by atoms with Gasteiger partial charge in [0.2, 0.25) is 5.91 Å². The maximum atomic E-state index is 12.4. The summed E-state index contributed by atoms with van der Waals surface area (Å²) in [4.78, 5) is 35.1. The van der Waals surface area contributed by atoms with Crippen molar-refractivity contribution >= 4 is 28.9 Å². The SMILES string of the molecule is O=C(CCc1ccccc1)Nc1cccc(NC(=O)c2ccccc2[N+](=O)[O-])c1. The summed E-state index contributed by atoms with van der Waals surface area (Å²) in [5.41, 5.74) is 1.73. The normalized spacial score (nSPS) is 10.2. The van der Waals surface area contributed by atoms with Gasteiger partial charge < -0.3 is 10.6 Å². The van der Waals surface area contributed by atoms with Crippen LogP contribution >= 0.6 is 0 Å². The average Bonchev–Trinajstić information content (AvgIpc) is 2.73. The first-order valence-corrected chi connectivity index (χ1v) is 9.01. The van der Waals surface area contributed by atoms with Gasteiger partial charge in [-0.1, -0.05) is 48.5 Å². The molecule has 0 heterocycles. The van der Waals surface area contributed by atoms with E-state index in [1.54, 1.807) is 30.3 Å². The predicted octanol–water partition coefficient (Wildman–Crippen LogP) is 4.42. The van der Waals surface area contributed by atoms with E-state index >= 15 is 0 Å². The summed E-state index contributed by atoms with van der Waals surface area (Å²) in [5.74, 6) is -0.735. The van der Waals surface area contributed by atoms with Gasteiger partial charge in [-0.15, -0.1) is 0 Å². The lowest BCUT2D eigenvalue weighted by atomic mass is 10.1. The smallest absolute Gasteiger partial charge is 0.282 e. The van der Waals surface area contributed by atoms with E-state index < -0.39 is 10.8 Å². The number of benzene rings is 3. The Morgan fingerprint density at radius 1 is 0.828 bits per heavy atom. The van der Waals surface area contributed by atoms with Gasteiger partial charge in [-0.25, -0.2) is 0 Å². The van der Waals surface area contributed by atoms with Crippen molar-refractivity contribution in [1.29, 1.82) is 0 Å². The van der Waals surface area contributed by atoms with E-state index in [0.717, 1.165) is 5.56 Å². The van der Waals surface area contributed by atoms with Crippen molar-refractivity contribution in [3.05, 3.63) is 100 Å². The molecule has 0 radical (unpaired) electrons. The number of nitrogens with zero attached hydrogens (tertiary/aromatic N) is 1. The number of carbonyl (C=O) groups is 2. The predicted molar refractivity (Wildman–Crippen MR) is 111 cm³/mol. The zero-order valence-corrected chi connectivity index (χ0v) is 15.5. The molecule has 0 aromatic heterocycles. The number of carbonyl (C=O) groups excluding carboxylic acids is 2. The van der Waals surface area contributed by atoms with E-state index in [1.807, 2.05) is 30.3 Å². The number of amides is 2. The van der Waals surface area contributed by atoms with Crippen LogP contribution in [0, 0.1) is 10.1 Å². The van der Waals surface area contributed by atoms with Crippen molar-refractivity contribution in [2.24, 2.45) is 0 Å². The number of nitrogens with one attached hydrogen (secondary N) is 2. The van der Waals surface area contributed by atoms with Gasteiger partial charge in [-0.05, 0) is 36.2 Å². The second kappa shape index (κ2) is 9.27. The van der Waals surface area contributed by atoms with Gasteiger partial charge in [-0.3, -0.25) is 19.7 Å². The van der Waals surface area contributed by atoms with E-state index in [4.69, 9.17) is 0 Å². The number of nitro benzene ring substituents is 1. The van der Waals surface area contributed by atoms with E-state index in [1.165, 1.54) is 18.2 Å². The van der Waals surface area contributed by atoms with E-state index in [0.29, 0.717) is 24.2 Å². The molecule has 0 unspecified atom stereocenters. The first-order chi connectivity index (χ1) is 14.0. The number of aryl methyl sites for hydroxylation is 1. The van der Waals surface area contributed by atoms with Gasteiger partial charge in [0.05, 0.1) is 4.92 Å². The van der Waals surface area contributed by atoms with Crippen LogP contribution in [-0.2, 0) is 11.2 Å². The Morgan fingerprint density at radius 3 is 2.21 bits per heavy atom. The maximum absolute atomic E-state index is 12.4. The van der Waals surface area contributed by atoms with Crippen LogP contribution in [0.15, 0.2) is 78.9 Å². The van der Waals surface area contributed by atoms with Crippen LogP contribution < -0.4 is 10.6 Å². The summed E-state index contributed by atoms with van der Waals surface area (Å²) in [6.45, 7) is 0. The van der Waals surface area contributed by atoms with Crippen LogP contribution in [0.25, 0.3) is 0 Å². The van der Waals surface area contributed by atoms with Crippen LogP contribution in [0.2, 0.25) is 0 Å². The topological polar surface area (TPSA) is 101 Å². The molecule has 0 aliphatic heterocycles. The molecule has 0 aliphatic carbocycles. The Morgan fingerprint density at radius 2 is 1.48 bits per heavy atom. The largest absolute Gasteiger partial charge is 0.326 e. The van der Waals surface area contributed by atoms with Gasteiger partial charge in [-0.2, -0.15) is 0 Å². The molecule has 7 nitrogen and oxygen atoms in total. The molecule has 0 fully saturated rings. The quantitative estimate of drug-likeness (QED) is 0.461. The van der Waals surface area contributed by atoms with Gasteiger partial charge in [0, 0.05) is 23.9 Å². The number of hydrogen-bond donors (Lipinski definition) is 2. The van der Waals surface area contributed by atoms with Crippen LogP contribution in [0.3, 0.4) is 0 Å². The van der Waals surface area contributed by atoms with E-state index in [-0.39, 0.29) is 17.2 Å². The molecule has 0 saturated heterocycles. The summed E-state index contributed by atoms with van der Waals surface area (Å²) in [7, 11) is 0. The van der Waals surface area contributed by atoms with Crippen molar-refractivity contribution < 1.29 is 14.5 Å². The third-order valence-electron chi connectivity index (χ3n) is 4.23. The summed E-state index contributed by atoms with van der Waals surface area (Å²) in [6, 6.07) is 22.1. The second-order valence-electron chi connectivity index (χ2n) is 6.34. The van der Waals surface area contributed by atoms with Crippen LogP contribution in [-0.4, -0.2) is 16.7 Å². The maximum Gasteiger partial charge on any atom is 0.282 e. The Balaban J connectivity index is 1.63. The first-order valence-electron chi connectivity index (χ1n) is 9.01. The van der Waals surface area contributed by atoms with Crippen LogP contribution in [0.5, 0.6) is 0 Å². The Kier molecular flexibility index (Phi) is 6.32. The van der Waals surface area contributed by atoms with Crippen molar-refractivity contribution in [1.82, 2.24) is 0 Å². The zero-order valence-electron chi connectivity index (χ0n) is 15.5. The number of rotatable bonds is 7. The highest BCUT2D eigenvalue weighted by atomic mass is 16.6. The molecular weight excluding hydrogens is 370 g/mol. The van der Waals surface area contributed by atoms with Gasteiger partial charge in [0.15, 0.2) is 0 Å². The summed E-state index contributed by atoms with van der Waals surface area (Å²) < 4.78 is 0. The molecular formula is C22H19N3O4. The molecule has 146 valence electrons. The molecule has 0 atom stereocenters. The Hall–Kier alpha value is -4.00. The van der Waals surface area contributed by atoms with Crippen molar-refractivity contribution in [2.75, 3.05) is 10.6 Å². The molecule has 0 spiro atoms. The van der Waals surface area contributed by atoms with Crippen LogP contribution in [0.4, 0.5) is 17.1 Å². The number of nitro groups is 1. The first kappa shape index (κ1) is 19.8. The molecule has 0 aliphatic rings. The Bertz CT molecular complexity index is 1030. The number of para-hydroxylation sites is 1. The lowest BCUT2D eigenvalue weighted by molar-refractivity contribution is -0.385. The fourth-order valence-electron chi connectivity index (χ4n) is 2.82. The highest BCUT2D eigenvalue weighted by Crippen LogP contribution is 2.21. The van der Waals surface area contributed by atoms with Gasteiger partial charge in [0.25, 0.3) is 11.6 Å². The monoisotopic (exact) mass is 389 g/mol. The summed E-state index contributed by atoms with van der Waals surface area (Å²) >= 11 is 0. The van der Waals surface area contributed by atoms with Crippen molar-refractivity contribution in [2.45, 2.75) is 12.8 Å². The minimum atomic E-state index is -0.599. The zero-order chi connectivity index (χ0) is 20.6. The lowest BCUT2D eigenvalue weighted by Gasteiger charge is -2.09. The highest BCUT2D eigenvalue weighted by Gasteiger charge is 2.19. The Labute approximate surface area is 167 Å².